The number of anilines is 2. The van der Waals surface area contributed by atoms with E-state index in [4.69, 9.17) is 4.74 Å². The Morgan fingerprint density at radius 1 is 1.15 bits per heavy atom. The fourth-order valence-corrected chi connectivity index (χ4v) is 7.17. The number of alkyl halides is 1. The SMILES string of the molecule is CN(C)c1ccc(NC(=O)COC(=O)C23C[C@H]4C[C@@H](CC(Br)(C4)C2)C3)cc1. The van der Waals surface area contributed by atoms with Crippen molar-refractivity contribution in [2.75, 3.05) is 30.9 Å². The van der Waals surface area contributed by atoms with Gasteiger partial charge in [-0.15, -0.1) is 0 Å². The van der Waals surface area contributed by atoms with Gasteiger partial charge < -0.3 is 15.0 Å². The summed E-state index contributed by atoms with van der Waals surface area (Å²) in [4.78, 5) is 27.1. The van der Waals surface area contributed by atoms with Gasteiger partial charge in [-0.1, -0.05) is 15.9 Å². The zero-order chi connectivity index (χ0) is 19.2. The Bertz CT molecular complexity index is 732. The van der Waals surface area contributed by atoms with Crippen LogP contribution >= 0.6 is 15.9 Å². The molecule has 1 amide bonds. The lowest BCUT2D eigenvalue weighted by molar-refractivity contribution is -0.170. The van der Waals surface area contributed by atoms with Gasteiger partial charge in [0.1, 0.15) is 0 Å². The molecule has 1 N–H and O–H groups in total. The van der Waals surface area contributed by atoms with E-state index in [2.05, 4.69) is 21.2 Å². The maximum absolute atomic E-state index is 12.9. The minimum atomic E-state index is -0.388. The number of rotatable bonds is 5. The quantitative estimate of drug-likeness (QED) is 0.562. The first-order valence-corrected chi connectivity index (χ1v) is 10.5. The van der Waals surface area contributed by atoms with E-state index in [1.54, 1.807) is 0 Å². The molecule has 6 heteroatoms. The standard InChI is InChI=1S/C21H27BrN2O3/c1-24(2)17-5-3-16(4-6-17)23-18(25)12-27-19(26)20-8-14-7-15(9-20)11-21(22,10-14)13-20/h3-6,14-15H,7-13H2,1-2H3,(H,23,25)/t14-,15-,20?,21?/m1/s1. The second-order valence-electron chi connectivity index (χ2n) is 8.96. The Labute approximate surface area is 169 Å². The number of nitrogens with zero attached hydrogens (tertiary/aromatic N) is 1. The highest BCUT2D eigenvalue weighted by molar-refractivity contribution is 9.10. The van der Waals surface area contributed by atoms with Crippen LogP contribution in [0.2, 0.25) is 0 Å². The number of carbonyl (C=O) groups is 2. The summed E-state index contributed by atoms with van der Waals surface area (Å²) >= 11 is 3.91. The molecule has 4 aliphatic carbocycles. The van der Waals surface area contributed by atoms with Crippen molar-refractivity contribution in [1.82, 2.24) is 0 Å². The van der Waals surface area contributed by atoms with Crippen LogP contribution in [0, 0.1) is 17.3 Å². The number of hydrogen-bond donors (Lipinski definition) is 1. The smallest absolute Gasteiger partial charge is 0.312 e. The summed E-state index contributed by atoms with van der Waals surface area (Å²) in [6.45, 7) is -0.222. The maximum atomic E-state index is 12.9. The Balaban J connectivity index is 1.33. The zero-order valence-electron chi connectivity index (χ0n) is 16.0. The second kappa shape index (κ2) is 6.80. The Morgan fingerprint density at radius 3 is 2.33 bits per heavy atom. The average molecular weight is 435 g/mol. The van der Waals surface area contributed by atoms with Gasteiger partial charge in [0.15, 0.2) is 6.61 Å². The van der Waals surface area contributed by atoms with E-state index < -0.39 is 0 Å². The predicted octanol–water partition coefficient (Wildman–Crippen LogP) is 3.97. The minimum absolute atomic E-state index is 0.104. The lowest BCUT2D eigenvalue weighted by atomic mass is 9.49. The molecule has 0 aliphatic heterocycles. The molecular weight excluding hydrogens is 408 g/mol. The third kappa shape index (κ3) is 3.73. The van der Waals surface area contributed by atoms with Crippen LogP contribution in [0.3, 0.4) is 0 Å². The summed E-state index contributed by atoms with van der Waals surface area (Å²) in [5.74, 6) is 0.752. The Kier molecular flexibility index (Phi) is 4.73. The summed E-state index contributed by atoms with van der Waals surface area (Å²) in [5, 5.41) is 2.80. The van der Waals surface area contributed by atoms with Crippen molar-refractivity contribution in [3.05, 3.63) is 24.3 Å². The van der Waals surface area contributed by atoms with E-state index in [0.717, 1.165) is 24.9 Å². The number of carbonyl (C=O) groups excluding carboxylic acids is 2. The fourth-order valence-electron chi connectivity index (χ4n) is 5.71. The van der Waals surface area contributed by atoms with Crippen LogP contribution in [-0.4, -0.2) is 36.9 Å². The van der Waals surface area contributed by atoms with Crippen LogP contribution in [0.15, 0.2) is 24.3 Å². The molecule has 5 nitrogen and oxygen atoms in total. The molecule has 0 saturated heterocycles. The summed E-state index contributed by atoms with van der Waals surface area (Å²) in [7, 11) is 3.93. The van der Waals surface area contributed by atoms with Crippen LogP contribution in [-0.2, 0) is 14.3 Å². The molecule has 0 heterocycles. The van der Waals surface area contributed by atoms with Gasteiger partial charge in [-0.2, -0.15) is 0 Å². The fraction of sp³-hybridized carbons (Fsp3) is 0.619. The summed E-state index contributed by atoms with van der Waals surface area (Å²) in [6, 6.07) is 7.57. The van der Waals surface area contributed by atoms with Crippen molar-refractivity contribution in [2.45, 2.75) is 42.8 Å². The van der Waals surface area contributed by atoms with E-state index in [9.17, 15) is 9.59 Å². The Morgan fingerprint density at radius 2 is 1.78 bits per heavy atom. The van der Waals surface area contributed by atoms with E-state index in [0.29, 0.717) is 17.5 Å². The van der Waals surface area contributed by atoms with Crippen molar-refractivity contribution >= 4 is 39.2 Å². The molecule has 1 aromatic rings. The molecular formula is C21H27BrN2O3. The molecule has 4 bridgehead atoms. The van der Waals surface area contributed by atoms with E-state index in [1.165, 1.54) is 19.3 Å². The normalized spacial score (nSPS) is 33.6. The van der Waals surface area contributed by atoms with Crippen molar-refractivity contribution < 1.29 is 14.3 Å². The average Bonchev–Trinajstić information content (AvgIpc) is 2.58. The monoisotopic (exact) mass is 434 g/mol. The molecule has 4 fully saturated rings. The van der Waals surface area contributed by atoms with Gasteiger partial charge >= 0.3 is 5.97 Å². The summed E-state index contributed by atoms with van der Waals surface area (Å²) < 4.78 is 5.59. The second-order valence-corrected chi connectivity index (χ2v) is 10.6. The highest BCUT2D eigenvalue weighted by Crippen LogP contribution is 2.64. The number of nitrogens with one attached hydrogen (secondary N) is 1. The van der Waals surface area contributed by atoms with E-state index in [-0.39, 0.29) is 28.2 Å². The van der Waals surface area contributed by atoms with Crippen molar-refractivity contribution in [1.29, 1.82) is 0 Å². The van der Waals surface area contributed by atoms with Gasteiger partial charge in [-0.05, 0) is 74.6 Å². The largest absolute Gasteiger partial charge is 0.455 e. The van der Waals surface area contributed by atoms with Gasteiger partial charge in [-0.3, -0.25) is 9.59 Å². The molecule has 0 spiro atoms. The topological polar surface area (TPSA) is 58.6 Å². The number of benzene rings is 1. The molecule has 27 heavy (non-hydrogen) atoms. The van der Waals surface area contributed by atoms with E-state index in [1.807, 2.05) is 43.3 Å². The van der Waals surface area contributed by atoms with Gasteiger partial charge in [0.05, 0.1) is 5.41 Å². The first kappa shape index (κ1) is 18.8. The zero-order valence-corrected chi connectivity index (χ0v) is 17.5. The minimum Gasteiger partial charge on any atom is -0.455 e. The highest BCUT2D eigenvalue weighted by atomic mass is 79.9. The number of ether oxygens (including phenoxy) is 1. The van der Waals surface area contributed by atoms with Gasteiger partial charge in [0.2, 0.25) is 0 Å². The van der Waals surface area contributed by atoms with Crippen LogP contribution in [0.1, 0.15) is 38.5 Å². The van der Waals surface area contributed by atoms with Crippen molar-refractivity contribution in [3.8, 4) is 0 Å². The van der Waals surface area contributed by atoms with Crippen molar-refractivity contribution in [2.24, 2.45) is 17.3 Å². The number of amides is 1. The molecule has 5 rings (SSSR count). The number of halogens is 1. The lowest BCUT2D eigenvalue weighted by Gasteiger charge is -2.58. The molecule has 0 unspecified atom stereocenters. The first-order chi connectivity index (χ1) is 12.8. The predicted molar refractivity (Wildman–Crippen MR) is 109 cm³/mol. The molecule has 4 aliphatic rings. The molecule has 0 radical (unpaired) electrons. The Hall–Kier alpha value is -1.56. The molecule has 0 aromatic heterocycles. The van der Waals surface area contributed by atoms with Crippen LogP contribution < -0.4 is 10.2 Å². The third-order valence-electron chi connectivity index (χ3n) is 6.42. The molecule has 146 valence electrons. The van der Waals surface area contributed by atoms with Crippen LogP contribution in [0.4, 0.5) is 11.4 Å². The van der Waals surface area contributed by atoms with Gasteiger partial charge in [0.25, 0.3) is 5.91 Å². The van der Waals surface area contributed by atoms with Crippen LogP contribution in [0.25, 0.3) is 0 Å². The summed E-state index contributed by atoms with van der Waals surface area (Å²) in [5.41, 5.74) is 1.38. The van der Waals surface area contributed by atoms with Crippen molar-refractivity contribution in [3.63, 3.8) is 0 Å². The molecule has 4 saturated carbocycles. The first-order valence-electron chi connectivity index (χ1n) is 9.70. The molecule has 1 aromatic carbocycles. The van der Waals surface area contributed by atoms with Gasteiger partial charge in [-0.25, -0.2) is 0 Å². The van der Waals surface area contributed by atoms with Crippen LogP contribution in [0.5, 0.6) is 0 Å². The summed E-state index contributed by atoms with van der Waals surface area (Å²) in [6.07, 6.45) is 6.27. The number of hydrogen-bond acceptors (Lipinski definition) is 4. The van der Waals surface area contributed by atoms with E-state index >= 15 is 0 Å². The lowest BCUT2D eigenvalue weighted by Crippen LogP contribution is -2.56. The number of esters is 1. The maximum Gasteiger partial charge on any atom is 0.312 e. The third-order valence-corrected chi connectivity index (χ3v) is 7.35. The highest BCUT2D eigenvalue weighted by Gasteiger charge is 2.60. The molecule has 2 atom stereocenters. The van der Waals surface area contributed by atoms with Gasteiger partial charge in [0, 0.05) is 29.8 Å².